The molecule has 0 aliphatic carbocycles. The molecule has 0 aromatic carbocycles. The van der Waals surface area contributed by atoms with Gasteiger partial charge < -0.3 is 10.0 Å². The van der Waals surface area contributed by atoms with Crippen LogP contribution in [0.5, 0.6) is 0 Å². The first kappa shape index (κ1) is 13.2. The number of carbonyl (C=O) groups excluding carboxylic acids is 1. The molecule has 1 amide bonds. The smallest absolute Gasteiger partial charge is 0.246 e. The maximum Gasteiger partial charge on any atom is 0.246 e. The van der Waals surface area contributed by atoms with E-state index in [9.17, 15) is 9.90 Å². The van der Waals surface area contributed by atoms with Gasteiger partial charge in [0.15, 0.2) is 0 Å². The van der Waals surface area contributed by atoms with Crippen LogP contribution in [0.15, 0.2) is 12.7 Å². The molecule has 0 aromatic rings. The van der Waals surface area contributed by atoms with Crippen LogP contribution in [-0.2, 0) is 4.79 Å². The minimum atomic E-state index is -0.0491. The highest BCUT2D eigenvalue weighted by Gasteiger charge is 2.34. The van der Waals surface area contributed by atoms with Gasteiger partial charge in [0.25, 0.3) is 0 Å². The number of piperazine rings is 1. The molecular weight excluding hydrogens is 204 g/mol. The van der Waals surface area contributed by atoms with E-state index in [-0.39, 0.29) is 24.1 Å². The number of rotatable bonds is 2. The molecule has 1 saturated heterocycles. The van der Waals surface area contributed by atoms with Gasteiger partial charge in [-0.3, -0.25) is 9.69 Å². The molecule has 1 fully saturated rings. The SMILES string of the molecule is C=CC(=O)N1CCN(C(C)(C)C)[C@H](CO)C1. The second-order valence-corrected chi connectivity index (χ2v) is 5.19. The van der Waals surface area contributed by atoms with Gasteiger partial charge in [-0.05, 0) is 26.8 Å². The van der Waals surface area contributed by atoms with E-state index in [1.54, 1.807) is 4.90 Å². The van der Waals surface area contributed by atoms with Gasteiger partial charge in [0.05, 0.1) is 12.6 Å². The molecular formula is C12H22N2O2. The average molecular weight is 226 g/mol. The van der Waals surface area contributed by atoms with Gasteiger partial charge in [0.2, 0.25) is 5.91 Å². The molecule has 0 unspecified atom stereocenters. The molecule has 1 heterocycles. The van der Waals surface area contributed by atoms with E-state index >= 15 is 0 Å². The van der Waals surface area contributed by atoms with E-state index < -0.39 is 0 Å². The zero-order chi connectivity index (χ0) is 12.3. The fourth-order valence-electron chi connectivity index (χ4n) is 2.22. The summed E-state index contributed by atoms with van der Waals surface area (Å²) in [5, 5.41) is 9.39. The second kappa shape index (κ2) is 4.97. The van der Waals surface area contributed by atoms with Crippen molar-refractivity contribution in [3.63, 3.8) is 0 Å². The summed E-state index contributed by atoms with van der Waals surface area (Å²) < 4.78 is 0. The molecule has 16 heavy (non-hydrogen) atoms. The Labute approximate surface area is 97.5 Å². The highest BCUT2D eigenvalue weighted by atomic mass is 16.3. The first-order valence-electron chi connectivity index (χ1n) is 5.69. The van der Waals surface area contributed by atoms with Crippen LogP contribution in [0.25, 0.3) is 0 Å². The number of hydrogen-bond acceptors (Lipinski definition) is 3. The van der Waals surface area contributed by atoms with Crippen molar-refractivity contribution in [3.05, 3.63) is 12.7 Å². The Morgan fingerprint density at radius 3 is 2.56 bits per heavy atom. The summed E-state index contributed by atoms with van der Waals surface area (Å²) in [6.07, 6.45) is 1.33. The van der Waals surface area contributed by atoms with Crippen LogP contribution in [-0.4, -0.2) is 58.6 Å². The Bertz CT molecular complexity index is 271. The standard InChI is InChI=1S/C12H22N2O2/c1-5-11(16)13-6-7-14(12(2,3)4)10(8-13)9-15/h5,10,15H,1,6-9H2,2-4H3/t10-/m0/s1. The summed E-state index contributed by atoms with van der Waals surface area (Å²) in [6, 6.07) is 0.0256. The molecule has 0 aromatic heterocycles. The summed E-state index contributed by atoms with van der Waals surface area (Å²) >= 11 is 0. The third-order valence-electron chi connectivity index (χ3n) is 3.04. The van der Waals surface area contributed by atoms with Gasteiger partial charge in [0, 0.05) is 25.2 Å². The predicted octanol–water partition coefficient (Wildman–Crippen LogP) is 0.476. The van der Waals surface area contributed by atoms with Crippen molar-refractivity contribution in [2.24, 2.45) is 0 Å². The Hall–Kier alpha value is -0.870. The van der Waals surface area contributed by atoms with Gasteiger partial charge >= 0.3 is 0 Å². The minimum Gasteiger partial charge on any atom is -0.395 e. The molecule has 0 saturated carbocycles. The second-order valence-electron chi connectivity index (χ2n) is 5.19. The van der Waals surface area contributed by atoms with Crippen molar-refractivity contribution in [2.75, 3.05) is 26.2 Å². The van der Waals surface area contributed by atoms with Crippen molar-refractivity contribution >= 4 is 5.91 Å². The van der Waals surface area contributed by atoms with Crippen molar-refractivity contribution in [2.45, 2.75) is 32.4 Å². The first-order valence-corrected chi connectivity index (χ1v) is 5.69. The molecule has 4 nitrogen and oxygen atoms in total. The highest BCUT2D eigenvalue weighted by Crippen LogP contribution is 2.20. The molecule has 1 N–H and O–H groups in total. The number of hydrogen-bond donors (Lipinski definition) is 1. The summed E-state index contributed by atoms with van der Waals surface area (Å²) in [6.45, 7) is 12.0. The van der Waals surface area contributed by atoms with Gasteiger partial charge in [-0.1, -0.05) is 6.58 Å². The van der Waals surface area contributed by atoms with Crippen molar-refractivity contribution < 1.29 is 9.90 Å². The maximum atomic E-state index is 11.5. The maximum absolute atomic E-state index is 11.5. The van der Waals surface area contributed by atoms with Crippen molar-refractivity contribution in [1.82, 2.24) is 9.80 Å². The lowest BCUT2D eigenvalue weighted by Crippen LogP contribution is -2.61. The number of aliphatic hydroxyl groups excluding tert-OH is 1. The van der Waals surface area contributed by atoms with Crippen molar-refractivity contribution in [3.8, 4) is 0 Å². The van der Waals surface area contributed by atoms with Crippen LogP contribution in [0.4, 0.5) is 0 Å². The monoisotopic (exact) mass is 226 g/mol. The molecule has 1 aliphatic heterocycles. The molecule has 92 valence electrons. The number of aliphatic hydroxyl groups is 1. The van der Waals surface area contributed by atoms with Gasteiger partial charge in [-0.2, -0.15) is 0 Å². The van der Waals surface area contributed by atoms with Crippen LogP contribution in [0, 0.1) is 0 Å². The normalized spacial score (nSPS) is 23.2. The van der Waals surface area contributed by atoms with Gasteiger partial charge in [-0.25, -0.2) is 0 Å². The lowest BCUT2D eigenvalue weighted by atomic mass is 10.0. The highest BCUT2D eigenvalue weighted by molar-refractivity contribution is 5.87. The lowest BCUT2D eigenvalue weighted by Gasteiger charge is -2.47. The largest absolute Gasteiger partial charge is 0.395 e. The molecule has 4 heteroatoms. The molecule has 0 radical (unpaired) electrons. The Balaban J connectivity index is 2.71. The third-order valence-corrected chi connectivity index (χ3v) is 3.04. The topological polar surface area (TPSA) is 43.8 Å². The minimum absolute atomic E-state index is 0.0245. The predicted molar refractivity (Wildman–Crippen MR) is 64.1 cm³/mol. The summed E-state index contributed by atoms with van der Waals surface area (Å²) in [4.78, 5) is 15.5. The van der Waals surface area contributed by atoms with Crippen LogP contribution < -0.4 is 0 Å². The van der Waals surface area contributed by atoms with Crippen LogP contribution >= 0.6 is 0 Å². The zero-order valence-electron chi connectivity index (χ0n) is 10.4. The molecule has 1 atom stereocenters. The zero-order valence-corrected chi connectivity index (χ0v) is 10.4. The van der Waals surface area contributed by atoms with Crippen molar-refractivity contribution in [1.29, 1.82) is 0 Å². The quantitative estimate of drug-likeness (QED) is 0.696. The van der Waals surface area contributed by atoms with Crippen LogP contribution in [0.2, 0.25) is 0 Å². The summed E-state index contributed by atoms with van der Waals surface area (Å²) in [5.74, 6) is -0.0491. The first-order chi connectivity index (χ1) is 7.40. The summed E-state index contributed by atoms with van der Waals surface area (Å²) in [5.41, 5.74) is 0.0245. The Kier molecular flexibility index (Phi) is 4.10. The van der Waals surface area contributed by atoms with E-state index in [0.29, 0.717) is 13.1 Å². The number of amides is 1. The van der Waals surface area contributed by atoms with E-state index in [0.717, 1.165) is 6.54 Å². The van der Waals surface area contributed by atoms with E-state index in [2.05, 4.69) is 32.3 Å². The molecule has 1 aliphatic rings. The molecule has 1 rings (SSSR count). The van der Waals surface area contributed by atoms with E-state index in [1.807, 2.05) is 0 Å². The fourth-order valence-corrected chi connectivity index (χ4v) is 2.22. The fraction of sp³-hybridized carbons (Fsp3) is 0.750. The van der Waals surface area contributed by atoms with Gasteiger partial charge in [0.1, 0.15) is 0 Å². The Morgan fingerprint density at radius 2 is 2.12 bits per heavy atom. The number of carbonyl (C=O) groups is 1. The van der Waals surface area contributed by atoms with E-state index in [1.165, 1.54) is 6.08 Å². The lowest BCUT2D eigenvalue weighted by molar-refractivity contribution is -0.131. The third kappa shape index (κ3) is 2.83. The molecule has 0 bridgehead atoms. The summed E-state index contributed by atoms with van der Waals surface area (Å²) in [7, 11) is 0. The number of nitrogens with zero attached hydrogens (tertiary/aromatic N) is 2. The molecule has 0 spiro atoms. The Morgan fingerprint density at radius 1 is 1.50 bits per heavy atom. The van der Waals surface area contributed by atoms with Crippen LogP contribution in [0.3, 0.4) is 0 Å². The average Bonchev–Trinajstić information content (AvgIpc) is 2.25. The van der Waals surface area contributed by atoms with Crippen LogP contribution in [0.1, 0.15) is 20.8 Å². The van der Waals surface area contributed by atoms with E-state index in [4.69, 9.17) is 0 Å². The van der Waals surface area contributed by atoms with Gasteiger partial charge in [-0.15, -0.1) is 0 Å².